The first-order valence-corrected chi connectivity index (χ1v) is 9.67. The van der Waals surface area contributed by atoms with E-state index >= 15 is 0 Å². The first kappa shape index (κ1) is 25.5. The summed E-state index contributed by atoms with van der Waals surface area (Å²) in [6.45, 7) is 1.21. The third-order valence-electron chi connectivity index (χ3n) is 3.91. The second-order valence-corrected chi connectivity index (χ2v) is 7.30. The summed E-state index contributed by atoms with van der Waals surface area (Å²) in [4.78, 5) is 47.1. The highest BCUT2D eigenvalue weighted by molar-refractivity contribution is 6.36. The van der Waals surface area contributed by atoms with E-state index in [0.717, 1.165) is 0 Å². The smallest absolute Gasteiger partial charge is 0.330 e. The maximum Gasteiger partial charge on any atom is 0.330 e. The van der Waals surface area contributed by atoms with Crippen molar-refractivity contribution in [1.29, 1.82) is 5.41 Å². The Morgan fingerprint density at radius 3 is 2.30 bits per heavy atom. The van der Waals surface area contributed by atoms with Crippen LogP contribution in [0.5, 0.6) is 0 Å². The van der Waals surface area contributed by atoms with Crippen molar-refractivity contribution in [1.82, 2.24) is 10.6 Å². The van der Waals surface area contributed by atoms with Crippen LogP contribution in [0.1, 0.15) is 25.3 Å². The van der Waals surface area contributed by atoms with Gasteiger partial charge in [-0.15, -0.1) is 0 Å². The molecule has 0 spiro atoms. The van der Waals surface area contributed by atoms with Crippen LogP contribution in [0.2, 0.25) is 10.0 Å². The number of benzene rings is 1. The van der Waals surface area contributed by atoms with Gasteiger partial charge in [-0.25, -0.2) is 4.79 Å². The number of amides is 1. The standard InChI is InChI=1S/C19H23Cl2N3O6/c1-10(18(19(28)29)24-16(26)9-23-2)30-17(27)7-11(22)6-12(25)8-13-14(20)4-3-5-15(13)21/h3-5,10,18,22-23H,6-9H2,1-2H3,(H,24,26)(H,28,29)/t10?,18-/m0/s1. The minimum atomic E-state index is -1.45. The number of ketones is 1. The Morgan fingerprint density at radius 1 is 1.17 bits per heavy atom. The number of aliphatic carboxylic acids is 1. The fourth-order valence-corrected chi connectivity index (χ4v) is 3.05. The number of Topliss-reactive ketones (excluding diaryl/α,β-unsaturated/α-hetero) is 1. The number of esters is 1. The number of rotatable bonds is 12. The van der Waals surface area contributed by atoms with Crippen molar-refractivity contribution in [2.24, 2.45) is 0 Å². The number of hydrogen-bond donors (Lipinski definition) is 4. The second-order valence-electron chi connectivity index (χ2n) is 6.48. The van der Waals surface area contributed by atoms with Gasteiger partial charge in [0.1, 0.15) is 11.9 Å². The largest absolute Gasteiger partial charge is 0.480 e. The number of carboxylic acid groups (broad SMARTS) is 1. The number of carbonyl (C=O) groups excluding carboxylic acids is 3. The molecule has 0 aliphatic carbocycles. The molecule has 30 heavy (non-hydrogen) atoms. The quantitative estimate of drug-likeness (QED) is 0.274. The van der Waals surface area contributed by atoms with Gasteiger partial charge in [0.2, 0.25) is 5.91 Å². The van der Waals surface area contributed by atoms with Crippen molar-refractivity contribution in [2.75, 3.05) is 13.6 Å². The van der Waals surface area contributed by atoms with Crippen molar-refractivity contribution in [3.63, 3.8) is 0 Å². The van der Waals surface area contributed by atoms with Crippen LogP contribution < -0.4 is 10.6 Å². The summed E-state index contributed by atoms with van der Waals surface area (Å²) in [5.74, 6) is -3.20. The molecule has 1 unspecified atom stereocenters. The van der Waals surface area contributed by atoms with E-state index in [1.54, 1.807) is 18.2 Å². The number of carboxylic acids is 1. The Bertz CT molecular complexity index is 810. The van der Waals surface area contributed by atoms with Gasteiger partial charge >= 0.3 is 11.9 Å². The second kappa shape index (κ2) is 12.3. The molecule has 0 aliphatic rings. The number of likely N-dealkylation sites (N-methyl/N-ethyl adjacent to an activating group) is 1. The average molecular weight is 460 g/mol. The van der Waals surface area contributed by atoms with E-state index in [1.165, 1.54) is 14.0 Å². The molecule has 164 valence electrons. The Labute approximate surface area is 183 Å². The molecule has 4 N–H and O–H groups in total. The van der Waals surface area contributed by atoms with Crippen molar-refractivity contribution in [3.8, 4) is 0 Å². The molecule has 11 heteroatoms. The van der Waals surface area contributed by atoms with Gasteiger partial charge in [0.25, 0.3) is 0 Å². The van der Waals surface area contributed by atoms with E-state index in [-0.39, 0.29) is 30.9 Å². The molecule has 0 aliphatic heterocycles. The zero-order chi connectivity index (χ0) is 22.8. The van der Waals surface area contributed by atoms with Crippen molar-refractivity contribution in [2.45, 2.75) is 38.3 Å². The number of halogens is 2. The van der Waals surface area contributed by atoms with E-state index < -0.39 is 36.4 Å². The van der Waals surface area contributed by atoms with Gasteiger partial charge in [-0.1, -0.05) is 29.3 Å². The lowest BCUT2D eigenvalue weighted by molar-refractivity contribution is -0.155. The minimum absolute atomic E-state index is 0.0923. The normalized spacial score (nSPS) is 12.5. The van der Waals surface area contributed by atoms with Gasteiger partial charge in [-0.2, -0.15) is 0 Å². The molecule has 0 fully saturated rings. The Morgan fingerprint density at radius 2 is 1.77 bits per heavy atom. The zero-order valence-electron chi connectivity index (χ0n) is 16.5. The fourth-order valence-electron chi connectivity index (χ4n) is 2.52. The van der Waals surface area contributed by atoms with Crippen LogP contribution in [0.15, 0.2) is 18.2 Å². The van der Waals surface area contributed by atoms with Crippen LogP contribution in [0.4, 0.5) is 0 Å². The molecular formula is C19H23Cl2N3O6. The zero-order valence-corrected chi connectivity index (χ0v) is 18.0. The topological polar surface area (TPSA) is 146 Å². The molecule has 2 atom stereocenters. The number of ether oxygens (including phenoxy) is 1. The van der Waals surface area contributed by atoms with E-state index in [4.69, 9.17) is 33.3 Å². The monoisotopic (exact) mass is 459 g/mol. The highest BCUT2D eigenvalue weighted by Gasteiger charge is 2.29. The molecule has 0 bridgehead atoms. The number of carbonyl (C=O) groups is 4. The number of nitrogens with one attached hydrogen (secondary N) is 3. The van der Waals surface area contributed by atoms with Crippen molar-refractivity contribution in [3.05, 3.63) is 33.8 Å². The lowest BCUT2D eigenvalue weighted by Crippen LogP contribution is -2.51. The van der Waals surface area contributed by atoms with Crippen LogP contribution in [-0.2, 0) is 30.3 Å². The highest BCUT2D eigenvalue weighted by Crippen LogP contribution is 2.25. The Balaban J connectivity index is 2.58. The summed E-state index contributed by atoms with van der Waals surface area (Å²) in [5, 5.41) is 22.5. The first-order chi connectivity index (χ1) is 14.0. The Kier molecular flexibility index (Phi) is 10.4. The molecule has 1 aromatic carbocycles. The molecule has 9 nitrogen and oxygen atoms in total. The van der Waals surface area contributed by atoms with Gasteiger partial charge in [0, 0.05) is 28.6 Å². The van der Waals surface area contributed by atoms with Gasteiger partial charge < -0.3 is 25.9 Å². The summed E-state index contributed by atoms with van der Waals surface area (Å²) in [6.07, 6.45) is -2.08. The number of hydrogen-bond acceptors (Lipinski definition) is 7. The van der Waals surface area contributed by atoms with Gasteiger partial charge in [-0.05, 0) is 31.7 Å². The van der Waals surface area contributed by atoms with Crippen LogP contribution >= 0.6 is 23.2 Å². The van der Waals surface area contributed by atoms with Gasteiger partial charge in [0.05, 0.1) is 13.0 Å². The van der Waals surface area contributed by atoms with Crippen LogP contribution in [-0.4, -0.2) is 60.2 Å². The lowest BCUT2D eigenvalue weighted by atomic mass is 10.0. The summed E-state index contributed by atoms with van der Waals surface area (Å²) < 4.78 is 5.01. The van der Waals surface area contributed by atoms with Crippen LogP contribution in [0.3, 0.4) is 0 Å². The Hall–Kier alpha value is -2.49. The van der Waals surface area contributed by atoms with Crippen LogP contribution in [0, 0.1) is 5.41 Å². The van der Waals surface area contributed by atoms with Crippen molar-refractivity contribution >= 4 is 52.5 Å². The van der Waals surface area contributed by atoms with E-state index in [0.29, 0.717) is 15.6 Å². The average Bonchev–Trinajstić information content (AvgIpc) is 2.62. The lowest BCUT2D eigenvalue weighted by Gasteiger charge is -2.21. The summed E-state index contributed by atoms with van der Waals surface area (Å²) in [7, 11) is 1.52. The molecule has 0 radical (unpaired) electrons. The third-order valence-corrected chi connectivity index (χ3v) is 4.62. The molecule has 0 saturated carbocycles. The predicted octanol–water partition coefficient (Wildman–Crippen LogP) is 1.63. The van der Waals surface area contributed by atoms with Gasteiger partial charge in [-0.3, -0.25) is 14.4 Å². The first-order valence-electron chi connectivity index (χ1n) is 8.92. The summed E-state index contributed by atoms with van der Waals surface area (Å²) in [6, 6.07) is 3.37. The van der Waals surface area contributed by atoms with Crippen LogP contribution in [0.25, 0.3) is 0 Å². The molecular weight excluding hydrogens is 437 g/mol. The molecule has 0 saturated heterocycles. The predicted molar refractivity (Wildman–Crippen MR) is 111 cm³/mol. The molecule has 0 aromatic heterocycles. The van der Waals surface area contributed by atoms with E-state index in [9.17, 15) is 24.3 Å². The maximum absolute atomic E-state index is 12.2. The maximum atomic E-state index is 12.2. The SMILES string of the molecule is CNCC(=O)N[C@H](C(=O)O)C(C)OC(=O)CC(=N)CC(=O)Cc1c(Cl)cccc1Cl. The molecule has 0 heterocycles. The molecule has 1 rings (SSSR count). The summed E-state index contributed by atoms with van der Waals surface area (Å²) in [5.41, 5.74) is 0.239. The van der Waals surface area contributed by atoms with E-state index in [1.807, 2.05) is 0 Å². The van der Waals surface area contributed by atoms with E-state index in [2.05, 4.69) is 10.6 Å². The van der Waals surface area contributed by atoms with Crippen molar-refractivity contribution < 1.29 is 29.0 Å². The minimum Gasteiger partial charge on any atom is -0.480 e. The highest BCUT2D eigenvalue weighted by atomic mass is 35.5. The molecule has 1 amide bonds. The fraction of sp³-hybridized carbons (Fsp3) is 0.421. The van der Waals surface area contributed by atoms with Gasteiger partial charge in [0.15, 0.2) is 6.04 Å². The summed E-state index contributed by atoms with van der Waals surface area (Å²) >= 11 is 12.0. The third kappa shape index (κ3) is 8.48. The molecule has 1 aromatic rings.